The number of carbonyl (C=O) groups is 1. The normalized spacial score (nSPS) is 15.4. The highest BCUT2D eigenvalue weighted by molar-refractivity contribution is 7.92. The summed E-state index contributed by atoms with van der Waals surface area (Å²) in [6, 6.07) is 25.6. The van der Waals surface area contributed by atoms with Gasteiger partial charge in [0.1, 0.15) is 6.61 Å². The summed E-state index contributed by atoms with van der Waals surface area (Å²) in [4.78, 5) is 14.3. The maximum Gasteiger partial charge on any atom is 0.414 e. The molecule has 1 heterocycles. The second-order valence-electron chi connectivity index (χ2n) is 8.77. The molecule has 0 aromatic heterocycles. The van der Waals surface area contributed by atoms with Gasteiger partial charge in [-0.05, 0) is 43.2 Å². The van der Waals surface area contributed by atoms with Crippen molar-refractivity contribution in [3.8, 4) is 0 Å². The van der Waals surface area contributed by atoms with Gasteiger partial charge in [-0.2, -0.15) is 0 Å². The van der Waals surface area contributed by atoms with Crippen LogP contribution in [0.1, 0.15) is 17.5 Å². The number of carbonyl (C=O) groups excluding carboxylic acids is 1. The van der Waals surface area contributed by atoms with Gasteiger partial charge < -0.3 is 4.74 Å². The molecule has 1 aliphatic heterocycles. The maximum atomic E-state index is 13.5. The van der Waals surface area contributed by atoms with Gasteiger partial charge in [-0.3, -0.25) is 9.21 Å². The Kier molecular flexibility index (Phi) is 8.29. The average Bonchev–Trinajstić information content (AvgIpc) is 3.27. The average molecular weight is 515 g/mol. The van der Waals surface area contributed by atoms with Crippen molar-refractivity contribution in [3.63, 3.8) is 0 Å². The van der Waals surface area contributed by atoms with Crippen LogP contribution in [-0.2, 0) is 21.2 Å². The van der Waals surface area contributed by atoms with E-state index in [2.05, 4.69) is 12.3 Å². The molecule has 0 saturated carbocycles. The minimum Gasteiger partial charge on any atom is -0.447 e. The van der Waals surface area contributed by atoms with E-state index in [1.165, 1.54) is 4.31 Å². The van der Waals surface area contributed by atoms with Crippen LogP contribution in [0.15, 0.2) is 120 Å². The molecule has 0 unspecified atom stereocenters. The van der Waals surface area contributed by atoms with Crippen LogP contribution >= 0.6 is 0 Å². The number of hydrogen-bond acceptors (Lipinski definition) is 4. The zero-order chi connectivity index (χ0) is 26.3. The molecule has 0 aliphatic carbocycles. The van der Waals surface area contributed by atoms with Gasteiger partial charge in [0.2, 0.25) is 0 Å². The summed E-state index contributed by atoms with van der Waals surface area (Å²) in [5.74, 6) is 0. The third-order valence-corrected chi connectivity index (χ3v) is 7.98. The molecule has 190 valence electrons. The van der Waals surface area contributed by atoms with Crippen molar-refractivity contribution in [3.05, 3.63) is 126 Å². The van der Waals surface area contributed by atoms with Gasteiger partial charge in [0, 0.05) is 6.42 Å². The Bertz CT molecular complexity index is 1390. The largest absolute Gasteiger partial charge is 0.447 e. The second-order valence-corrected chi connectivity index (χ2v) is 10.6. The standard InChI is InChI=1S/C30H30N2O4S/c1-3-26(32-28(23-36-30(32)33)22-25-12-6-4-7-13-25)14-10-11-21-31(27-15-8-5-9-16-27)37(34,35)29-19-17-24(2)18-20-29/h4-13,15-20,28H,1,14,21-23H2,2H3/b11-10+/t28-/m1/s1. The lowest BCUT2D eigenvalue weighted by atomic mass is 10.1. The minimum absolute atomic E-state index is 0.128. The Morgan fingerprint density at radius 2 is 1.68 bits per heavy atom. The number of hydrogen-bond donors (Lipinski definition) is 0. The number of anilines is 1. The number of sulfonamides is 1. The molecule has 7 heteroatoms. The first kappa shape index (κ1) is 26.0. The number of cyclic esters (lactones) is 1. The number of ether oxygens (including phenoxy) is 1. The van der Waals surface area contributed by atoms with E-state index in [1.807, 2.05) is 49.4 Å². The van der Waals surface area contributed by atoms with Gasteiger partial charge in [0.05, 0.1) is 28.9 Å². The van der Waals surface area contributed by atoms with Gasteiger partial charge in [-0.25, -0.2) is 13.2 Å². The Hall–Kier alpha value is -4.06. The molecule has 4 rings (SSSR count). The fourth-order valence-electron chi connectivity index (χ4n) is 4.22. The molecule has 6 nitrogen and oxygen atoms in total. The Balaban J connectivity index is 1.50. The fraction of sp³-hybridized carbons (Fsp3) is 0.200. The SMILES string of the molecule is C=C=C(C/C=C/CN(c1ccccc1)S(=O)(=O)c1ccc(C)cc1)N1C(=O)OC[C@H]1Cc1ccccc1. The van der Waals surface area contributed by atoms with E-state index in [9.17, 15) is 13.2 Å². The molecular weight excluding hydrogens is 484 g/mol. The Morgan fingerprint density at radius 3 is 2.32 bits per heavy atom. The lowest BCUT2D eigenvalue weighted by molar-refractivity contribution is 0.164. The first-order valence-corrected chi connectivity index (χ1v) is 13.5. The summed E-state index contributed by atoms with van der Waals surface area (Å²) >= 11 is 0. The van der Waals surface area contributed by atoms with E-state index in [0.717, 1.165) is 11.1 Å². The van der Waals surface area contributed by atoms with Gasteiger partial charge in [-0.15, -0.1) is 5.73 Å². The first-order valence-electron chi connectivity index (χ1n) is 12.1. The van der Waals surface area contributed by atoms with Crippen LogP contribution in [0.25, 0.3) is 0 Å². The van der Waals surface area contributed by atoms with Crippen LogP contribution in [-0.4, -0.2) is 38.6 Å². The lowest BCUT2D eigenvalue weighted by Crippen LogP contribution is -2.34. The molecule has 0 spiro atoms. The molecule has 1 amide bonds. The van der Waals surface area contributed by atoms with E-state index in [-0.39, 0.29) is 17.5 Å². The summed E-state index contributed by atoms with van der Waals surface area (Å²) in [5, 5.41) is 0. The van der Waals surface area contributed by atoms with Crippen molar-refractivity contribution in [1.29, 1.82) is 0 Å². The van der Waals surface area contributed by atoms with E-state index >= 15 is 0 Å². The Labute approximate surface area is 218 Å². The van der Waals surface area contributed by atoms with E-state index in [1.54, 1.807) is 59.5 Å². The number of benzene rings is 3. The maximum absolute atomic E-state index is 13.5. The third-order valence-electron chi connectivity index (χ3n) is 6.17. The summed E-state index contributed by atoms with van der Waals surface area (Å²) in [6.07, 6.45) is 4.20. The number of nitrogens with zero attached hydrogens (tertiary/aromatic N) is 2. The molecule has 0 N–H and O–H groups in total. The first-order chi connectivity index (χ1) is 17.9. The molecule has 1 saturated heterocycles. The predicted molar refractivity (Wildman–Crippen MR) is 146 cm³/mol. The number of aryl methyl sites for hydroxylation is 1. The van der Waals surface area contributed by atoms with Crippen LogP contribution in [0, 0.1) is 6.92 Å². The molecule has 0 radical (unpaired) electrons. The molecule has 3 aromatic rings. The Morgan fingerprint density at radius 1 is 1.03 bits per heavy atom. The van der Waals surface area contributed by atoms with Crippen LogP contribution in [0.3, 0.4) is 0 Å². The number of para-hydroxylation sites is 1. The zero-order valence-electron chi connectivity index (χ0n) is 20.8. The second kappa shape index (κ2) is 11.8. The molecule has 1 fully saturated rings. The van der Waals surface area contributed by atoms with Crippen LogP contribution in [0.2, 0.25) is 0 Å². The van der Waals surface area contributed by atoms with Crippen molar-refractivity contribution in [1.82, 2.24) is 4.90 Å². The van der Waals surface area contributed by atoms with E-state index in [4.69, 9.17) is 4.74 Å². The third kappa shape index (κ3) is 6.20. The van der Waals surface area contributed by atoms with E-state index < -0.39 is 16.1 Å². The molecule has 3 aromatic carbocycles. The summed E-state index contributed by atoms with van der Waals surface area (Å²) in [6.45, 7) is 6.11. The minimum atomic E-state index is -3.78. The summed E-state index contributed by atoms with van der Waals surface area (Å²) in [7, 11) is -3.78. The summed E-state index contributed by atoms with van der Waals surface area (Å²) < 4.78 is 33.7. The van der Waals surface area contributed by atoms with Crippen molar-refractivity contribution >= 4 is 21.8 Å². The van der Waals surface area contributed by atoms with Gasteiger partial charge >= 0.3 is 6.09 Å². The van der Waals surface area contributed by atoms with Crippen LogP contribution in [0.4, 0.5) is 10.5 Å². The summed E-state index contributed by atoms with van der Waals surface area (Å²) in [5.41, 5.74) is 6.13. The topological polar surface area (TPSA) is 66.9 Å². The van der Waals surface area contributed by atoms with Crippen molar-refractivity contribution in [2.75, 3.05) is 17.5 Å². The lowest BCUT2D eigenvalue weighted by Gasteiger charge is -2.24. The number of rotatable bonds is 10. The predicted octanol–water partition coefficient (Wildman–Crippen LogP) is 5.87. The molecular formula is C30H30N2O4S. The molecule has 37 heavy (non-hydrogen) atoms. The smallest absolute Gasteiger partial charge is 0.414 e. The highest BCUT2D eigenvalue weighted by atomic mass is 32.2. The molecule has 1 aliphatic rings. The van der Waals surface area contributed by atoms with Crippen LogP contribution in [0.5, 0.6) is 0 Å². The number of amides is 1. The quantitative estimate of drug-likeness (QED) is 0.251. The zero-order valence-corrected chi connectivity index (χ0v) is 21.6. The van der Waals surface area contributed by atoms with Gasteiger partial charge in [0.15, 0.2) is 0 Å². The van der Waals surface area contributed by atoms with Crippen molar-refractivity contribution in [2.45, 2.75) is 30.7 Å². The fourth-order valence-corrected chi connectivity index (χ4v) is 5.64. The van der Waals surface area contributed by atoms with E-state index in [0.29, 0.717) is 30.8 Å². The molecule has 1 atom stereocenters. The number of allylic oxidation sites excluding steroid dienone is 1. The van der Waals surface area contributed by atoms with Gasteiger partial charge in [-0.1, -0.05) is 85.0 Å². The van der Waals surface area contributed by atoms with Crippen molar-refractivity contribution in [2.24, 2.45) is 0 Å². The monoisotopic (exact) mass is 514 g/mol. The van der Waals surface area contributed by atoms with Gasteiger partial charge in [0.25, 0.3) is 10.0 Å². The van der Waals surface area contributed by atoms with Crippen LogP contribution < -0.4 is 4.31 Å². The highest BCUT2D eigenvalue weighted by Crippen LogP contribution is 2.25. The van der Waals surface area contributed by atoms with Crippen molar-refractivity contribution < 1.29 is 17.9 Å². The highest BCUT2D eigenvalue weighted by Gasteiger charge is 2.35. The molecule has 0 bridgehead atoms.